The van der Waals surface area contributed by atoms with Gasteiger partial charge in [-0.1, -0.05) is 36.6 Å². The van der Waals surface area contributed by atoms with Gasteiger partial charge < -0.3 is 4.74 Å². The lowest BCUT2D eigenvalue weighted by molar-refractivity contribution is -0.184. The van der Waals surface area contributed by atoms with Crippen LogP contribution < -0.4 is 0 Å². The van der Waals surface area contributed by atoms with Crippen LogP contribution in [-0.2, 0) is 4.74 Å². The second-order valence-electron chi connectivity index (χ2n) is 4.01. The molecule has 1 atom stereocenters. The highest BCUT2D eigenvalue weighted by Crippen LogP contribution is 2.30. The zero-order valence-electron chi connectivity index (χ0n) is 12.0. The monoisotopic (exact) mass is 402 g/mol. The molecule has 0 aliphatic heterocycles. The van der Waals surface area contributed by atoms with Gasteiger partial charge in [-0.3, -0.25) is 4.39 Å². The van der Waals surface area contributed by atoms with E-state index in [9.17, 15) is 39.5 Å². The van der Waals surface area contributed by atoms with Gasteiger partial charge in [0, 0.05) is 0 Å². The first-order valence-corrected chi connectivity index (χ1v) is 5.67. The maximum atomic E-state index is 11.5. The van der Waals surface area contributed by atoms with Crippen LogP contribution in [0.3, 0.4) is 0 Å². The number of rotatable bonds is 4. The molecule has 1 nitrogen and oxygen atoms in total. The van der Waals surface area contributed by atoms with E-state index < -0.39 is 31.3 Å². The highest BCUT2D eigenvalue weighted by Gasteiger charge is 2.39. The van der Waals surface area contributed by atoms with Crippen LogP contribution in [0.15, 0.2) is 0 Å². The zero-order chi connectivity index (χ0) is 17.9. The molecule has 0 bridgehead atoms. The lowest BCUT2D eigenvalue weighted by Crippen LogP contribution is -2.21. The molecule has 0 heterocycles. The summed E-state index contributed by atoms with van der Waals surface area (Å²) in [5, 5.41) is 0. The molecule has 0 saturated carbocycles. The molecule has 0 radical (unpaired) electrons. The summed E-state index contributed by atoms with van der Waals surface area (Å²) in [6.07, 6.45) is -10.7. The van der Waals surface area contributed by atoms with Gasteiger partial charge in [0.2, 0.25) is 0 Å². The second kappa shape index (κ2) is 19.7. The normalized spacial score (nSPS) is 11.4. The molecule has 0 aromatic heterocycles. The van der Waals surface area contributed by atoms with Crippen molar-refractivity contribution in [2.75, 3.05) is 13.8 Å². The summed E-state index contributed by atoms with van der Waals surface area (Å²) in [7, 11) is 0.500. The third kappa shape index (κ3) is 59.7. The average molecular weight is 402 g/mol. The van der Waals surface area contributed by atoms with Crippen molar-refractivity contribution < 1.29 is 44.3 Å². The van der Waals surface area contributed by atoms with Crippen molar-refractivity contribution in [3.8, 4) is 0 Å². The first-order chi connectivity index (χ1) is 9.16. The fourth-order valence-corrected chi connectivity index (χ4v) is 0.707. The van der Waals surface area contributed by atoms with Gasteiger partial charge in [-0.15, -0.1) is 0 Å². The Balaban J connectivity index is -0.0000000412. The molecule has 0 saturated heterocycles. The number of alkyl halides is 9. The van der Waals surface area contributed by atoms with E-state index in [-0.39, 0.29) is 42.7 Å². The van der Waals surface area contributed by atoms with E-state index in [1.165, 1.54) is 0 Å². The molecule has 164 valence electrons. The first kappa shape index (κ1) is 44.1. The van der Waals surface area contributed by atoms with Crippen LogP contribution in [-0.4, -0.2) is 38.2 Å². The van der Waals surface area contributed by atoms with Gasteiger partial charge in [0.05, 0.1) is 13.3 Å². The third-order valence-corrected chi connectivity index (χ3v) is 1.62. The predicted octanol–water partition coefficient (Wildman–Crippen LogP) is 8.09. The fourth-order valence-electron chi connectivity index (χ4n) is 0.707. The van der Waals surface area contributed by atoms with Gasteiger partial charge in [-0.25, -0.2) is 8.78 Å². The Kier molecular flexibility index (Phi) is 34.7. The fraction of sp³-hybridized carbons (Fsp3) is 1.00. The van der Waals surface area contributed by atoms with Crippen LogP contribution in [0.25, 0.3) is 0 Å². The highest BCUT2D eigenvalue weighted by molar-refractivity contribution is 4.63. The van der Waals surface area contributed by atoms with Crippen LogP contribution in [0, 0.1) is 0 Å². The molecule has 0 rings (SSSR count). The summed E-state index contributed by atoms with van der Waals surface area (Å²) in [6.45, 7) is 2.50. The lowest BCUT2D eigenvalue weighted by atomic mass is 10.3. The standard InChI is InChI=1S/C6H11F3O.C4H5F5.CH3F.4CH4/c1-3-5(2)10-4-6(7,8)9;1-3(5,6)2-4(7,8)9;1-2;;;;/h5H,3-4H2,1-2H3;2H2,1H3;1H3;4*1H4. The van der Waals surface area contributed by atoms with Gasteiger partial charge in [-0.05, 0) is 20.3 Å². The SMILES string of the molecule is C.C.C.C.CC(F)(F)CC(F)(F)F.CCC(C)OCC(F)(F)F.CF. The van der Waals surface area contributed by atoms with Crippen molar-refractivity contribution in [2.24, 2.45) is 0 Å². The van der Waals surface area contributed by atoms with Crippen LogP contribution in [0.1, 0.15) is 63.3 Å². The molecule has 0 aliphatic rings. The minimum absolute atomic E-state index is 0. The zero-order valence-corrected chi connectivity index (χ0v) is 12.0. The lowest BCUT2D eigenvalue weighted by Gasteiger charge is -2.11. The number of ether oxygens (including phenoxy) is 1. The number of halogens is 9. The molecular formula is C15H35F9O. The predicted molar refractivity (Wildman–Crippen MR) is 87.0 cm³/mol. The molecular weight excluding hydrogens is 367 g/mol. The van der Waals surface area contributed by atoms with Gasteiger partial charge in [0.15, 0.2) is 0 Å². The summed E-state index contributed by atoms with van der Waals surface area (Å²) in [5.41, 5.74) is 0. The summed E-state index contributed by atoms with van der Waals surface area (Å²) in [4.78, 5) is 0. The highest BCUT2D eigenvalue weighted by atomic mass is 19.4. The smallest absolute Gasteiger partial charge is 0.369 e. The van der Waals surface area contributed by atoms with E-state index in [0.29, 0.717) is 13.6 Å². The molecule has 0 aromatic rings. The van der Waals surface area contributed by atoms with Crippen molar-refractivity contribution in [3.05, 3.63) is 0 Å². The molecule has 0 amide bonds. The van der Waals surface area contributed by atoms with E-state index in [0.717, 1.165) is 0 Å². The molecule has 0 fully saturated rings. The van der Waals surface area contributed by atoms with Gasteiger partial charge in [0.25, 0.3) is 5.92 Å². The van der Waals surface area contributed by atoms with Crippen LogP contribution in [0.5, 0.6) is 0 Å². The summed E-state index contributed by atoms with van der Waals surface area (Å²) in [5.74, 6) is -3.64. The Bertz CT molecular complexity index is 221. The Hall–Kier alpha value is -0.670. The molecule has 1 unspecified atom stereocenters. The van der Waals surface area contributed by atoms with E-state index in [4.69, 9.17) is 0 Å². The van der Waals surface area contributed by atoms with Crippen molar-refractivity contribution in [2.45, 2.75) is 87.7 Å². The second-order valence-corrected chi connectivity index (χ2v) is 4.01. The molecule has 0 N–H and O–H groups in total. The van der Waals surface area contributed by atoms with Crippen LogP contribution >= 0.6 is 0 Å². The summed E-state index contributed by atoms with van der Waals surface area (Å²) in [6, 6.07) is 0. The first-order valence-electron chi connectivity index (χ1n) is 5.67. The Morgan fingerprint density at radius 2 is 1.08 bits per heavy atom. The Morgan fingerprint density at radius 3 is 1.20 bits per heavy atom. The van der Waals surface area contributed by atoms with Crippen LogP contribution in [0.2, 0.25) is 0 Å². The van der Waals surface area contributed by atoms with E-state index >= 15 is 0 Å². The van der Waals surface area contributed by atoms with Crippen molar-refractivity contribution >= 4 is 0 Å². The molecule has 10 heteroatoms. The quantitative estimate of drug-likeness (QED) is 0.432. The number of hydrogen-bond acceptors (Lipinski definition) is 1. The Morgan fingerprint density at radius 1 is 0.760 bits per heavy atom. The molecule has 0 aromatic carbocycles. The summed E-state index contributed by atoms with van der Waals surface area (Å²) < 4.78 is 104. The van der Waals surface area contributed by atoms with Gasteiger partial charge >= 0.3 is 12.4 Å². The third-order valence-electron chi connectivity index (χ3n) is 1.62. The van der Waals surface area contributed by atoms with E-state index in [1.807, 2.05) is 0 Å². The summed E-state index contributed by atoms with van der Waals surface area (Å²) >= 11 is 0. The molecule has 0 spiro atoms. The topological polar surface area (TPSA) is 9.23 Å². The average Bonchev–Trinajstić information content (AvgIpc) is 2.23. The minimum Gasteiger partial charge on any atom is -0.369 e. The van der Waals surface area contributed by atoms with E-state index in [1.54, 1.807) is 13.8 Å². The van der Waals surface area contributed by atoms with Crippen molar-refractivity contribution in [1.82, 2.24) is 0 Å². The maximum Gasteiger partial charge on any atom is 0.411 e. The largest absolute Gasteiger partial charge is 0.411 e. The molecule has 0 aliphatic carbocycles. The van der Waals surface area contributed by atoms with Crippen molar-refractivity contribution in [1.29, 1.82) is 0 Å². The minimum atomic E-state index is -4.77. The van der Waals surface area contributed by atoms with Crippen LogP contribution in [0.4, 0.5) is 39.5 Å². The van der Waals surface area contributed by atoms with Crippen molar-refractivity contribution in [3.63, 3.8) is 0 Å². The van der Waals surface area contributed by atoms with E-state index in [2.05, 4.69) is 4.74 Å². The Labute approximate surface area is 146 Å². The number of hydrogen-bond donors (Lipinski definition) is 0. The molecule has 25 heavy (non-hydrogen) atoms. The van der Waals surface area contributed by atoms with Gasteiger partial charge in [-0.2, -0.15) is 26.3 Å². The maximum absolute atomic E-state index is 11.5. The van der Waals surface area contributed by atoms with Gasteiger partial charge in [0.1, 0.15) is 13.0 Å².